The molecule has 0 unspecified atom stereocenters. The first-order valence-electron chi connectivity index (χ1n) is 6.46. The fraction of sp³-hybridized carbons (Fsp3) is 0.400. The second-order valence-electron chi connectivity index (χ2n) is 4.14. The summed E-state index contributed by atoms with van der Waals surface area (Å²) in [5.74, 6) is 0.645. The molecule has 0 radical (unpaired) electrons. The van der Waals surface area contributed by atoms with E-state index in [0.29, 0.717) is 25.3 Å². The van der Waals surface area contributed by atoms with Gasteiger partial charge in [0.25, 0.3) is 5.91 Å². The number of amides is 1. The Morgan fingerprint density at radius 3 is 2.63 bits per heavy atom. The molecular weight excluding hydrogens is 242 g/mol. The first kappa shape index (κ1) is 15.2. The zero-order valence-corrected chi connectivity index (χ0v) is 11.3. The minimum atomic E-state index is -0.115. The van der Waals surface area contributed by atoms with Crippen LogP contribution in [0.4, 0.5) is 0 Å². The summed E-state index contributed by atoms with van der Waals surface area (Å²) in [5.41, 5.74) is 0.583. The third-order valence-electron chi connectivity index (χ3n) is 2.58. The van der Waals surface area contributed by atoms with Crippen LogP contribution in [0.15, 0.2) is 36.9 Å². The van der Waals surface area contributed by atoms with Gasteiger partial charge in [-0.1, -0.05) is 13.0 Å². The second-order valence-corrected chi connectivity index (χ2v) is 4.14. The molecule has 0 aliphatic rings. The van der Waals surface area contributed by atoms with Crippen LogP contribution in [0.1, 0.15) is 23.7 Å². The maximum atomic E-state index is 12.2. The van der Waals surface area contributed by atoms with Gasteiger partial charge in [-0.25, -0.2) is 0 Å². The number of ether oxygens (including phenoxy) is 1. The van der Waals surface area contributed by atoms with E-state index in [9.17, 15) is 4.79 Å². The highest BCUT2D eigenvalue weighted by molar-refractivity contribution is 5.94. The zero-order chi connectivity index (χ0) is 14.1. The lowest BCUT2D eigenvalue weighted by molar-refractivity contribution is 0.0743. The van der Waals surface area contributed by atoms with E-state index in [1.165, 1.54) is 0 Å². The quantitative estimate of drug-likeness (QED) is 0.731. The molecule has 0 atom stereocenters. The summed E-state index contributed by atoms with van der Waals surface area (Å²) < 4.78 is 5.46. The van der Waals surface area contributed by atoms with Gasteiger partial charge in [-0.15, -0.1) is 6.58 Å². The van der Waals surface area contributed by atoms with Gasteiger partial charge in [0.1, 0.15) is 5.75 Å². The largest absolute Gasteiger partial charge is 0.494 e. The van der Waals surface area contributed by atoms with Crippen molar-refractivity contribution in [3.63, 3.8) is 0 Å². The van der Waals surface area contributed by atoms with Crippen LogP contribution in [0, 0.1) is 0 Å². The number of carbonyl (C=O) groups is 1. The minimum Gasteiger partial charge on any atom is -0.494 e. The van der Waals surface area contributed by atoms with Crippen molar-refractivity contribution in [2.75, 3.05) is 26.3 Å². The van der Waals surface area contributed by atoms with E-state index >= 15 is 0 Å². The maximum absolute atomic E-state index is 12.2. The average Bonchev–Trinajstić information content (AvgIpc) is 2.44. The molecule has 0 fully saturated rings. The number of carbonyl (C=O) groups excluding carboxylic acids is 1. The monoisotopic (exact) mass is 263 g/mol. The highest BCUT2D eigenvalue weighted by Gasteiger charge is 2.13. The Morgan fingerprint density at radius 1 is 1.42 bits per heavy atom. The smallest absolute Gasteiger partial charge is 0.254 e. The van der Waals surface area contributed by atoms with Gasteiger partial charge in [0.05, 0.1) is 13.2 Å². The predicted molar refractivity (Wildman–Crippen MR) is 75.4 cm³/mol. The van der Waals surface area contributed by atoms with E-state index in [0.717, 1.165) is 12.2 Å². The normalized spacial score (nSPS) is 10.0. The van der Waals surface area contributed by atoms with Crippen LogP contribution in [0.3, 0.4) is 0 Å². The molecule has 0 bridgehead atoms. The summed E-state index contributed by atoms with van der Waals surface area (Å²) in [4.78, 5) is 13.7. The fourth-order valence-electron chi connectivity index (χ4n) is 1.65. The number of hydrogen-bond acceptors (Lipinski definition) is 3. The summed E-state index contributed by atoms with van der Waals surface area (Å²) >= 11 is 0. The summed E-state index contributed by atoms with van der Waals surface area (Å²) in [5, 5.41) is 8.95. The molecule has 0 spiro atoms. The first-order chi connectivity index (χ1) is 9.22. The predicted octanol–water partition coefficient (Wildman–Crippen LogP) is 2.10. The van der Waals surface area contributed by atoms with Gasteiger partial charge in [0.2, 0.25) is 0 Å². The van der Waals surface area contributed by atoms with Crippen LogP contribution in [0.5, 0.6) is 5.75 Å². The summed E-state index contributed by atoms with van der Waals surface area (Å²) in [7, 11) is 0. The minimum absolute atomic E-state index is 0.0583. The van der Waals surface area contributed by atoms with Gasteiger partial charge in [-0.05, 0) is 30.7 Å². The lowest BCUT2D eigenvalue weighted by Gasteiger charge is -2.20. The summed E-state index contributed by atoms with van der Waals surface area (Å²) in [6.45, 7) is 6.99. The third kappa shape index (κ3) is 4.75. The molecule has 1 aromatic rings. The van der Waals surface area contributed by atoms with Crippen LogP contribution < -0.4 is 4.74 Å². The van der Waals surface area contributed by atoms with Crippen LogP contribution in [-0.4, -0.2) is 42.2 Å². The van der Waals surface area contributed by atoms with Crippen molar-refractivity contribution in [2.45, 2.75) is 13.3 Å². The molecule has 0 aliphatic heterocycles. The molecule has 4 heteroatoms. The number of aliphatic hydroxyl groups is 1. The van der Waals surface area contributed by atoms with Gasteiger partial charge in [-0.3, -0.25) is 4.79 Å². The Balaban J connectivity index is 2.72. The van der Waals surface area contributed by atoms with Crippen molar-refractivity contribution >= 4 is 5.91 Å². The molecular formula is C15H21NO3. The Labute approximate surface area is 114 Å². The topological polar surface area (TPSA) is 49.8 Å². The van der Waals surface area contributed by atoms with Crippen molar-refractivity contribution in [3.8, 4) is 5.75 Å². The molecule has 4 nitrogen and oxygen atoms in total. The van der Waals surface area contributed by atoms with Gasteiger partial charge < -0.3 is 14.7 Å². The SMILES string of the molecule is C=CCN(CCO)C(=O)c1ccc(OCCC)cc1. The maximum Gasteiger partial charge on any atom is 0.254 e. The van der Waals surface area contributed by atoms with Crippen LogP contribution in [0.2, 0.25) is 0 Å². The number of rotatable bonds is 8. The Kier molecular flexibility index (Phi) is 6.68. The van der Waals surface area contributed by atoms with Crippen molar-refractivity contribution in [3.05, 3.63) is 42.5 Å². The van der Waals surface area contributed by atoms with E-state index in [1.54, 1.807) is 35.2 Å². The van der Waals surface area contributed by atoms with E-state index in [2.05, 4.69) is 6.58 Å². The molecule has 0 saturated heterocycles. The molecule has 0 saturated carbocycles. The highest BCUT2D eigenvalue weighted by Crippen LogP contribution is 2.14. The Bertz CT molecular complexity index is 400. The first-order valence-corrected chi connectivity index (χ1v) is 6.46. The summed E-state index contributed by atoms with van der Waals surface area (Å²) in [6.07, 6.45) is 2.59. The van der Waals surface area contributed by atoms with Crippen LogP contribution >= 0.6 is 0 Å². The van der Waals surface area contributed by atoms with Gasteiger partial charge in [-0.2, -0.15) is 0 Å². The van der Waals surface area contributed by atoms with Crippen molar-refractivity contribution in [2.24, 2.45) is 0 Å². The highest BCUT2D eigenvalue weighted by atomic mass is 16.5. The molecule has 0 aromatic heterocycles. The summed E-state index contributed by atoms with van der Waals surface area (Å²) in [6, 6.07) is 7.05. The molecule has 1 N–H and O–H groups in total. The Morgan fingerprint density at radius 2 is 2.11 bits per heavy atom. The molecule has 0 heterocycles. The lowest BCUT2D eigenvalue weighted by Crippen LogP contribution is -2.33. The number of nitrogens with zero attached hydrogens (tertiary/aromatic N) is 1. The van der Waals surface area contributed by atoms with E-state index < -0.39 is 0 Å². The number of aliphatic hydroxyl groups excluding tert-OH is 1. The van der Waals surface area contributed by atoms with Crippen LogP contribution in [0.25, 0.3) is 0 Å². The van der Waals surface area contributed by atoms with Gasteiger partial charge >= 0.3 is 0 Å². The van der Waals surface area contributed by atoms with E-state index in [1.807, 2.05) is 6.92 Å². The molecule has 104 valence electrons. The van der Waals surface area contributed by atoms with E-state index in [4.69, 9.17) is 9.84 Å². The third-order valence-corrected chi connectivity index (χ3v) is 2.58. The zero-order valence-electron chi connectivity index (χ0n) is 11.3. The standard InChI is InChI=1S/C15H21NO3/c1-3-9-16(10-11-17)15(18)13-5-7-14(8-6-13)19-12-4-2/h3,5-8,17H,1,4,9-12H2,2H3. The number of hydrogen-bond donors (Lipinski definition) is 1. The van der Waals surface area contributed by atoms with Crippen LogP contribution in [-0.2, 0) is 0 Å². The van der Waals surface area contributed by atoms with Crippen molar-refractivity contribution < 1.29 is 14.6 Å². The number of benzene rings is 1. The molecule has 1 rings (SSSR count). The molecule has 19 heavy (non-hydrogen) atoms. The van der Waals surface area contributed by atoms with E-state index in [-0.39, 0.29) is 12.5 Å². The second kappa shape index (κ2) is 8.32. The van der Waals surface area contributed by atoms with Crippen molar-refractivity contribution in [1.29, 1.82) is 0 Å². The molecule has 0 aliphatic carbocycles. The molecule has 1 aromatic carbocycles. The lowest BCUT2D eigenvalue weighted by atomic mass is 10.2. The van der Waals surface area contributed by atoms with Gasteiger partial charge in [0, 0.05) is 18.7 Å². The van der Waals surface area contributed by atoms with Gasteiger partial charge in [0.15, 0.2) is 0 Å². The fourth-order valence-corrected chi connectivity index (χ4v) is 1.65. The Hall–Kier alpha value is -1.81. The van der Waals surface area contributed by atoms with Crippen molar-refractivity contribution in [1.82, 2.24) is 4.90 Å². The average molecular weight is 263 g/mol. The molecule has 1 amide bonds.